The molecular weight excluding hydrogens is 200 g/mol. The first-order chi connectivity index (χ1) is 6.75. The molecule has 1 saturated heterocycles. The number of aliphatic hydroxyl groups is 1. The first kappa shape index (κ1) is 9.48. The van der Waals surface area contributed by atoms with Gasteiger partial charge in [-0.15, -0.1) is 0 Å². The molecule has 2 heterocycles. The third-order valence-electron chi connectivity index (χ3n) is 2.22. The van der Waals surface area contributed by atoms with Crippen molar-refractivity contribution in [2.24, 2.45) is 0 Å². The van der Waals surface area contributed by atoms with E-state index in [9.17, 15) is 9.90 Å². The van der Waals surface area contributed by atoms with Crippen LogP contribution in [0.15, 0.2) is 16.8 Å². The zero-order valence-corrected chi connectivity index (χ0v) is 8.46. The van der Waals surface area contributed by atoms with Crippen LogP contribution in [0.5, 0.6) is 0 Å². The highest BCUT2D eigenvalue weighted by molar-refractivity contribution is 7.08. The van der Waals surface area contributed by atoms with Crippen LogP contribution in [-0.2, 0) is 0 Å². The van der Waals surface area contributed by atoms with Gasteiger partial charge in [-0.2, -0.15) is 11.3 Å². The number of amides is 2. The third-order valence-corrected chi connectivity index (χ3v) is 2.91. The Hall–Kier alpha value is -1.07. The van der Waals surface area contributed by atoms with E-state index in [1.807, 2.05) is 16.8 Å². The highest BCUT2D eigenvalue weighted by Crippen LogP contribution is 2.15. The molecule has 0 spiro atoms. The van der Waals surface area contributed by atoms with E-state index >= 15 is 0 Å². The Morgan fingerprint density at radius 3 is 3.14 bits per heavy atom. The van der Waals surface area contributed by atoms with Gasteiger partial charge in [0.25, 0.3) is 0 Å². The van der Waals surface area contributed by atoms with Crippen molar-refractivity contribution < 1.29 is 9.90 Å². The highest BCUT2D eigenvalue weighted by atomic mass is 32.1. The summed E-state index contributed by atoms with van der Waals surface area (Å²) in [5.74, 6) is 0. The predicted molar refractivity (Wildman–Crippen MR) is 55.5 cm³/mol. The number of nitrogens with zero attached hydrogens (tertiary/aromatic N) is 1. The maximum atomic E-state index is 11.6. The van der Waals surface area contributed by atoms with Crippen LogP contribution in [0.2, 0.25) is 0 Å². The van der Waals surface area contributed by atoms with Gasteiger partial charge in [-0.1, -0.05) is 0 Å². The molecule has 0 radical (unpaired) electrons. The van der Waals surface area contributed by atoms with E-state index in [4.69, 9.17) is 0 Å². The van der Waals surface area contributed by atoms with Crippen LogP contribution < -0.4 is 5.32 Å². The highest BCUT2D eigenvalue weighted by Gasteiger charge is 2.24. The molecule has 76 valence electrons. The number of carbonyl (C=O) groups is 1. The Labute approximate surface area is 86.2 Å². The molecule has 5 heteroatoms. The van der Waals surface area contributed by atoms with Crippen LogP contribution >= 0.6 is 11.3 Å². The molecule has 2 N–H and O–H groups in total. The lowest BCUT2D eigenvalue weighted by Gasteiger charge is -2.15. The van der Waals surface area contributed by atoms with Gasteiger partial charge in [0, 0.05) is 18.5 Å². The molecule has 0 bridgehead atoms. The molecule has 14 heavy (non-hydrogen) atoms. The number of carbonyl (C=O) groups excluding carboxylic acids is 1. The summed E-state index contributed by atoms with van der Waals surface area (Å²) < 4.78 is 0. The van der Waals surface area contributed by atoms with Crippen LogP contribution in [-0.4, -0.2) is 35.2 Å². The lowest BCUT2D eigenvalue weighted by atomic mass is 10.3. The van der Waals surface area contributed by atoms with Crippen molar-refractivity contribution >= 4 is 23.1 Å². The fraction of sp³-hybridized carbons (Fsp3) is 0.444. The Balaban J connectivity index is 1.90. The molecule has 0 unspecified atom stereocenters. The smallest absolute Gasteiger partial charge is 0.321 e. The number of anilines is 1. The minimum atomic E-state index is -0.358. The molecule has 0 aliphatic carbocycles. The van der Waals surface area contributed by atoms with Crippen molar-refractivity contribution in [2.45, 2.75) is 12.5 Å². The molecule has 1 aliphatic rings. The first-order valence-corrected chi connectivity index (χ1v) is 5.46. The van der Waals surface area contributed by atoms with E-state index in [1.165, 1.54) is 0 Å². The van der Waals surface area contributed by atoms with Gasteiger partial charge in [0.2, 0.25) is 0 Å². The van der Waals surface area contributed by atoms with Gasteiger partial charge in [-0.05, 0) is 17.9 Å². The maximum absolute atomic E-state index is 11.6. The molecule has 1 atom stereocenters. The predicted octanol–water partition coefficient (Wildman–Crippen LogP) is 1.35. The van der Waals surface area contributed by atoms with Crippen LogP contribution in [0.1, 0.15) is 6.42 Å². The molecule has 1 aromatic rings. The van der Waals surface area contributed by atoms with Crippen molar-refractivity contribution in [1.29, 1.82) is 0 Å². The number of hydrogen-bond acceptors (Lipinski definition) is 3. The molecule has 1 aliphatic heterocycles. The summed E-state index contributed by atoms with van der Waals surface area (Å²) in [7, 11) is 0. The Bertz CT molecular complexity index is 313. The van der Waals surface area contributed by atoms with Crippen LogP contribution in [0.25, 0.3) is 0 Å². The van der Waals surface area contributed by atoms with Crippen molar-refractivity contribution in [3.63, 3.8) is 0 Å². The average molecular weight is 212 g/mol. The van der Waals surface area contributed by atoms with E-state index < -0.39 is 0 Å². The van der Waals surface area contributed by atoms with Gasteiger partial charge in [-0.3, -0.25) is 0 Å². The normalized spacial score (nSPS) is 21.2. The third kappa shape index (κ3) is 2.05. The average Bonchev–Trinajstić information content (AvgIpc) is 2.75. The molecule has 2 amide bonds. The Morgan fingerprint density at radius 2 is 2.57 bits per heavy atom. The maximum Gasteiger partial charge on any atom is 0.321 e. The molecule has 4 nitrogen and oxygen atoms in total. The lowest BCUT2D eigenvalue weighted by Crippen LogP contribution is -2.33. The zero-order valence-electron chi connectivity index (χ0n) is 7.64. The first-order valence-electron chi connectivity index (χ1n) is 4.52. The largest absolute Gasteiger partial charge is 0.391 e. The lowest BCUT2D eigenvalue weighted by molar-refractivity contribution is 0.176. The number of hydrogen-bond donors (Lipinski definition) is 2. The number of aliphatic hydroxyl groups excluding tert-OH is 1. The van der Waals surface area contributed by atoms with Crippen molar-refractivity contribution in [1.82, 2.24) is 4.90 Å². The van der Waals surface area contributed by atoms with Gasteiger partial charge >= 0.3 is 6.03 Å². The van der Waals surface area contributed by atoms with Gasteiger partial charge in [0.15, 0.2) is 0 Å². The molecule has 0 saturated carbocycles. The van der Waals surface area contributed by atoms with E-state index in [0.717, 1.165) is 5.69 Å². The molecular formula is C9H12N2O2S. The minimum absolute atomic E-state index is 0.125. The topological polar surface area (TPSA) is 52.6 Å². The second-order valence-electron chi connectivity index (χ2n) is 3.33. The van der Waals surface area contributed by atoms with Crippen molar-refractivity contribution in [3.8, 4) is 0 Å². The standard InChI is InChI=1S/C9H12N2O2S/c12-8-1-3-11(5-8)9(13)10-7-2-4-14-6-7/h2,4,6,8,12H,1,3,5H2,(H,10,13)/t8-/m1/s1. The van der Waals surface area contributed by atoms with Crippen molar-refractivity contribution in [2.75, 3.05) is 18.4 Å². The van der Waals surface area contributed by atoms with E-state index in [-0.39, 0.29) is 12.1 Å². The number of thiophene rings is 1. The summed E-state index contributed by atoms with van der Waals surface area (Å²) in [4.78, 5) is 13.2. The molecule has 1 fully saturated rings. The molecule has 2 rings (SSSR count). The van der Waals surface area contributed by atoms with E-state index in [1.54, 1.807) is 16.2 Å². The van der Waals surface area contributed by atoms with Crippen LogP contribution in [0.3, 0.4) is 0 Å². The molecule has 0 aromatic carbocycles. The Kier molecular flexibility index (Phi) is 2.69. The summed E-state index contributed by atoms with van der Waals surface area (Å²) >= 11 is 1.54. The number of likely N-dealkylation sites (tertiary alicyclic amines) is 1. The summed E-state index contributed by atoms with van der Waals surface area (Å²) in [6.07, 6.45) is 0.320. The summed E-state index contributed by atoms with van der Waals surface area (Å²) in [5.41, 5.74) is 0.821. The second-order valence-corrected chi connectivity index (χ2v) is 4.11. The summed E-state index contributed by atoms with van der Waals surface area (Å²) in [5, 5.41) is 15.8. The van der Waals surface area contributed by atoms with Crippen molar-refractivity contribution in [3.05, 3.63) is 16.8 Å². The van der Waals surface area contributed by atoms with Gasteiger partial charge in [-0.25, -0.2) is 4.79 Å². The zero-order chi connectivity index (χ0) is 9.97. The monoisotopic (exact) mass is 212 g/mol. The Morgan fingerprint density at radius 1 is 1.71 bits per heavy atom. The minimum Gasteiger partial charge on any atom is -0.391 e. The van der Waals surface area contributed by atoms with Crippen LogP contribution in [0.4, 0.5) is 10.5 Å². The van der Waals surface area contributed by atoms with Crippen LogP contribution in [0, 0.1) is 0 Å². The second kappa shape index (κ2) is 3.98. The van der Waals surface area contributed by atoms with Gasteiger partial charge < -0.3 is 15.3 Å². The van der Waals surface area contributed by atoms with E-state index in [2.05, 4.69) is 5.32 Å². The SMILES string of the molecule is O=C(Nc1ccsc1)N1CC[C@@H](O)C1. The quantitative estimate of drug-likeness (QED) is 0.738. The number of nitrogens with one attached hydrogen (secondary N) is 1. The number of rotatable bonds is 1. The number of urea groups is 1. The van der Waals surface area contributed by atoms with E-state index in [0.29, 0.717) is 19.5 Å². The summed E-state index contributed by atoms with van der Waals surface area (Å²) in [6, 6.07) is 1.73. The fourth-order valence-corrected chi connectivity index (χ4v) is 2.05. The van der Waals surface area contributed by atoms with Gasteiger partial charge in [0.05, 0.1) is 11.8 Å². The fourth-order valence-electron chi connectivity index (χ4n) is 1.46. The van der Waals surface area contributed by atoms with Gasteiger partial charge in [0.1, 0.15) is 0 Å². The summed E-state index contributed by atoms with van der Waals surface area (Å²) in [6.45, 7) is 1.08. The molecule has 1 aromatic heterocycles. The number of β-amino-alcohol motifs (C(OH)–C–C–N with tert-alkyl or cyclic N) is 1.